The highest BCUT2D eigenvalue weighted by atomic mass is 19.1. The molecule has 0 saturated carbocycles. The maximum Gasteiger partial charge on any atom is 0.219 e. The average Bonchev–Trinajstić information content (AvgIpc) is 2.36. The minimum Gasteiger partial charge on any atom is -0.340 e. The third-order valence-electron chi connectivity index (χ3n) is 1.97. The zero-order valence-electron chi connectivity index (χ0n) is 8.30. The number of carbonyl (C=O) groups is 1. The zero-order valence-corrected chi connectivity index (χ0v) is 8.30. The molecule has 1 saturated heterocycles. The van der Waals surface area contributed by atoms with E-state index >= 15 is 0 Å². The Morgan fingerprint density at radius 3 is 2.08 bits per heavy atom. The molecule has 1 aliphatic rings. The Bertz CT molecular complexity index is 139. The van der Waals surface area contributed by atoms with Gasteiger partial charge in [-0.25, -0.2) is 4.39 Å². The lowest BCUT2D eigenvalue weighted by atomic mass is 10.1. The first-order valence-corrected chi connectivity index (χ1v) is 4.51. The van der Waals surface area contributed by atoms with Crippen molar-refractivity contribution in [2.75, 3.05) is 13.1 Å². The second-order valence-corrected chi connectivity index (χ2v) is 2.92. The highest BCUT2D eigenvalue weighted by Crippen LogP contribution is 2.18. The first kappa shape index (κ1) is 11.4. The molecule has 1 fully saturated rings. The maximum absolute atomic E-state index is 12.7. The SMILES string of the molecule is CC.CC(=O)N1CC(C)C(F)C1. The Balaban J connectivity index is 0.000000561. The molecule has 0 aromatic rings. The van der Waals surface area contributed by atoms with Crippen LogP contribution in [0.2, 0.25) is 0 Å². The van der Waals surface area contributed by atoms with Crippen LogP contribution in [-0.4, -0.2) is 30.1 Å². The van der Waals surface area contributed by atoms with Crippen molar-refractivity contribution in [1.82, 2.24) is 4.90 Å². The molecule has 0 aliphatic carbocycles. The Morgan fingerprint density at radius 1 is 1.42 bits per heavy atom. The molecule has 0 spiro atoms. The smallest absolute Gasteiger partial charge is 0.219 e. The van der Waals surface area contributed by atoms with E-state index in [1.54, 1.807) is 4.90 Å². The highest BCUT2D eigenvalue weighted by molar-refractivity contribution is 5.73. The number of alkyl halides is 1. The number of hydrogen-bond donors (Lipinski definition) is 0. The molecular weight excluding hydrogens is 157 g/mol. The Hall–Kier alpha value is -0.600. The summed E-state index contributed by atoms with van der Waals surface area (Å²) in [6.07, 6.45) is -0.816. The van der Waals surface area contributed by atoms with Crippen molar-refractivity contribution in [2.24, 2.45) is 5.92 Å². The van der Waals surface area contributed by atoms with Crippen LogP contribution in [0.4, 0.5) is 4.39 Å². The summed E-state index contributed by atoms with van der Waals surface area (Å²) in [5.41, 5.74) is 0. The van der Waals surface area contributed by atoms with E-state index in [-0.39, 0.29) is 18.4 Å². The molecule has 72 valence electrons. The van der Waals surface area contributed by atoms with Crippen LogP contribution in [0.15, 0.2) is 0 Å². The minimum absolute atomic E-state index is 0.0175. The lowest BCUT2D eigenvalue weighted by Gasteiger charge is -2.10. The standard InChI is InChI=1S/C7H12FNO.C2H6/c1-5-3-9(6(2)10)4-7(5)8;1-2/h5,7H,3-4H2,1-2H3;1-2H3. The topological polar surface area (TPSA) is 20.3 Å². The van der Waals surface area contributed by atoms with E-state index in [9.17, 15) is 9.18 Å². The fourth-order valence-corrected chi connectivity index (χ4v) is 1.18. The van der Waals surface area contributed by atoms with Gasteiger partial charge in [-0.15, -0.1) is 0 Å². The predicted molar refractivity (Wildman–Crippen MR) is 47.7 cm³/mol. The van der Waals surface area contributed by atoms with Crippen LogP contribution in [0.5, 0.6) is 0 Å². The molecule has 0 aromatic heterocycles. The van der Waals surface area contributed by atoms with E-state index in [1.165, 1.54) is 6.92 Å². The van der Waals surface area contributed by atoms with Crippen molar-refractivity contribution >= 4 is 5.91 Å². The molecule has 12 heavy (non-hydrogen) atoms. The number of rotatable bonds is 0. The van der Waals surface area contributed by atoms with Gasteiger partial charge in [-0.1, -0.05) is 20.8 Å². The molecular formula is C9H18FNO. The van der Waals surface area contributed by atoms with E-state index in [1.807, 2.05) is 20.8 Å². The van der Waals surface area contributed by atoms with Gasteiger partial charge in [0.2, 0.25) is 5.91 Å². The molecule has 1 aliphatic heterocycles. The van der Waals surface area contributed by atoms with Gasteiger partial charge >= 0.3 is 0 Å². The summed E-state index contributed by atoms with van der Waals surface area (Å²) in [5, 5.41) is 0. The van der Waals surface area contributed by atoms with Gasteiger partial charge in [0.05, 0.1) is 6.54 Å². The second kappa shape index (κ2) is 5.12. The molecule has 2 unspecified atom stereocenters. The summed E-state index contributed by atoms with van der Waals surface area (Å²) >= 11 is 0. The van der Waals surface area contributed by atoms with Gasteiger partial charge in [0, 0.05) is 19.4 Å². The average molecular weight is 175 g/mol. The van der Waals surface area contributed by atoms with Gasteiger partial charge in [0.1, 0.15) is 6.17 Å². The summed E-state index contributed by atoms with van der Waals surface area (Å²) in [6.45, 7) is 8.17. The fraction of sp³-hybridized carbons (Fsp3) is 0.889. The first-order chi connectivity index (χ1) is 5.61. The van der Waals surface area contributed by atoms with Crippen LogP contribution in [0.3, 0.4) is 0 Å². The summed E-state index contributed by atoms with van der Waals surface area (Å²) in [5.74, 6) is -0.00380. The number of halogens is 1. The molecule has 2 nitrogen and oxygen atoms in total. The normalized spacial score (nSPS) is 27.9. The van der Waals surface area contributed by atoms with Crippen molar-refractivity contribution in [3.63, 3.8) is 0 Å². The summed E-state index contributed by atoms with van der Waals surface area (Å²) < 4.78 is 12.7. The summed E-state index contributed by atoms with van der Waals surface area (Å²) in [7, 11) is 0. The summed E-state index contributed by atoms with van der Waals surface area (Å²) in [4.78, 5) is 12.2. The largest absolute Gasteiger partial charge is 0.340 e. The molecule has 3 heteroatoms. The number of carbonyl (C=O) groups excluding carboxylic acids is 1. The Kier molecular flexibility index (Phi) is 4.86. The first-order valence-electron chi connectivity index (χ1n) is 4.51. The molecule has 1 amide bonds. The van der Waals surface area contributed by atoms with Crippen LogP contribution >= 0.6 is 0 Å². The van der Waals surface area contributed by atoms with Gasteiger partial charge in [0.15, 0.2) is 0 Å². The molecule has 2 atom stereocenters. The van der Waals surface area contributed by atoms with E-state index in [4.69, 9.17) is 0 Å². The van der Waals surface area contributed by atoms with E-state index in [0.717, 1.165) is 0 Å². The van der Waals surface area contributed by atoms with Gasteiger partial charge in [-0.2, -0.15) is 0 Å². The highest BCUT2D eigenvalue weighted by Gasteiger charge is 2.30. The predicted octanol–water partition coefficient (Wildman–Crippen LogP) is 1.85. The summed E-state index contributed by atoms with van der Waals surface area (Å²) in [6, 6.07) is 0. The van der Waals surface area contributed by atoms with Crippen LogP contribution in [-0.2, 0) is 4.79 Å². The number of amides is 1. The van der Waals surface area contributed by atoms with Gasteiger partial charge in [-0.3, -0.25) is 4.79 Å². The molecule has 0 bridgehead atoms. The lowest BCUT2D eigenvalue weighted by Crippen LogP contribution is -2.26. The third kappa shape index (κ3) is 2.80. The number of likely N-dealkylation sites (tertiary alicyclic amines) is 1. The van der Waals surface area contributed by atoms with Crippen LogP contribution in [0.25, 0.3) is 0 Å². The number of nitrogens with zero attached hydrogens (tertiary/aromatic N) is 1. The Morgan fingerprint density at radius 2 is 1.92 bits per heavy atom. The van der Waals surface area contributed by atoms with Crippen LogP contribution in [0, 0.1) is 5.92 Å². The third-order valence-corrected chi connectivity index (χ3v) is 1.97. The fourth-order valence-electron chi connectivity index (χ4n) is 1.18. The van der Waals surface area contributed by atoms with Crippen molar-refractivity contribution < 1.29 is 9.18 Å². The van der Waals surface area contributed by atoms with Crippen LogP contribution < -0.4 is 0 Å². The quantitative estimate of drug-likeness (QED) is 0.550. The van der Waals surface area contributed by atoms with Crippen molar-refractivity contribution in [3.05, 3.63) is 0 Å². The molecule has 0 radical (unpaired) electrons. The van der Waals surface area contributed by atoms with Crippen LogP contribution in [0.1, 0.15) is 27.7 Å². The van der Waals surface area contributed by atoms with Gasteiger partial charge in [-0.05, 0) is 0 Å². The Labute approximate surface area is 73.7 Å². The van der Waals surface area contributed by atoms with E-state index < -0.39 is 6.17 Å². The van der Waals surface area contributed by atoms with Gasteiger partial charge < -0.3 is 4.90 Å². The molecule has 0 N–H and O–H groups in total. The van der Waals surface area contributed by atoms with Crippen molar-refractivity contribution in [2.45, 2.75) is 33.9 Å². The van der Waals surface area contributed by atoms with Crippen molar-refractivity contribution in [1.29, 1.82) is 0 Å². The molecule has 1 heterocycles. The second-order valence-electron chi connectivity index (χ2n) is 2.92. The molecule has 1 rings (SSSR count). The zero-order chi connectivity index (χ0) is 9.72. The van der Waals surface area contributed by atoms with E-state index in [0.29, 0.717) is 6.54 Å². The maximum atomic E-state index is 12.7. The lowest BCUT2D eigenvalue weighted by molar-refractivity contribution is -0.128. The van der Waals surface area contributed by atoms with Gasteiger partial charge in [0.25, 0.3) is 0 Å². The number of hydrogen-bond acceptors (Lipinski definition) is 1. The molecule has 0 aromatic carbocycles. The minimum atomic E-state index is -0.816. The van der Waals surface area contributed by atoms with E-state index in [2.05, 4.69) is 0 Å². The monoisotopic (exact) mass is 175 g/mol. The van der Waals surface area contributed by atoms with Crippen molar-refractivity contribution in [3.8, 4) is 0 Å².